The SMILES string of the molecule is CCS(=O)(=O)Cc1nc(N)cn1C(C)C. The van der Waals surface area contributed by atoms with Crippen molar-refractivity contribution in [2.45, 2.75) is 32.6 Å². The monoisotopic (exact) mass is 231 g/mol. The number of rotatable bonds is 4. The van der Waals surface area contributed by atoms with Gasteiger partial charge in [0.25, 0.3) is 0 Å². The molecule has 86 valence electrons. The zero-order chi connectivity index (χ0) is 11.6. The first kappa shape index (κ1) is 12.0. The van der Waals surface area contributed by atoms with Gasteiger partial charge in [-0.3, -0.25) is 0 Å². The molecule has 1 heterocycles. The number of nitrogen functional groups attached to an aromatic ring is 1. The van der Waals surface area contributed by atoms with Crippen LogP contribution in [0.4, 0.5) is 5.82 Å². The van der Waals surface area contributed by atoms with Gasteiger partial charge in [-0.1, -0.05) is 6.92 Å². The lowest BCUT2D eigenvalue weighted by Gasteiger charge is -2.10. The van der Waals surface area contributed by atoms with Crippen LogP contribution in [0.5, 0.6) is 0 Å². The number of hydrogen-bond acceptors (Lipinski definition) is 4. The minimum Gasteiger partial charge on any atom is -0.382 e. The van der Waals surface area contributed by atoms with E-state index in [1.165, 1.54) is 0 Å². The van der Waals surface area contributed by atoms with Gasteiger partial charge in [0, 0.05) is 18.0 Å². The van der Waals surface area contributed by atoms with Crippen molar-refractivity contribution >= 4 is 15.7 Å². The van der Waals surface area contributed by atoms with Crippen LogP contribution in [0.2, 0.25) is 0 Å². The van der Waals surface area contributed by atoms with Crippen LogP contribution in [0.15, 0.2) is 6.20 Å². The smallest absolute Gasteiger partial charge is 0.157 e. The van der Waals surface area contributed by atoms with Crippen molar-refractivity contribution in [1.29, 1.82) is 0 Å². The molecule has 0 unspecified atom stereocenters. The highest BCUT2D eigenvalue weighted by molar-refractivity contribution is 7.90. The predicted octanol–water partition coefficient (Wildman–Crippen LogP) is 0.981. The molecule has 0 bridgehead atoms. The molecule has 0 fully saturated rings. The first-order valence-corrected chi connectivity index (χ1v) is 6.71. The van der Waals surface area contributed by atoms with Gasteiger partial charge in [0.1, 0.15) is 17.4 Å². The van der Waals surface area contributed by atoms with E-state index in [1.54, 1.807) is 17.7 Å². The molecule has 5 nitrogen and oxygen atoms in total. The maximum atomic E-state index is 11.5. The molecule has 1 aromatic heterocycles. The summed E-state index contributed by atoms with van der Waals surface area (Å²) in [6.45, 7) is 5.55. The maximum absolute atomic E-state index is 11.5. The standard InChI is InChI=1S/C9H17N3O2S/c1-4-15(13,14)6-9-11-8(10)5-12(9)7(2)3/h5,7H,4,6,10H2,1-3H3. The lowest BCUT2D eigenvalue weighted by atomic mass is 10.4. The molecule has 0 spiro atoms. The van der Waals surface area contributed by atoms with Gasteiger partial charge < -0.3 is 10.3 Å². The Morgan fingerprint density at radius 2 is 2.13 bits per heavy atom. The molecule has 0 atom stereocenters. The summed E-state index contributed by atoms with van der Waals surface area (Å²) in [5.74, 6) is 0.964. The Morgan fingerprint density at radius 3 is 2.60 bits per heavy atom. The first-order valence-electron chi connectivity index (χ1n) is 4.89. The number of nitrogens with zero attached hydrogens (tertiary/aromatic N) is 2. The summed E-state index contributed by atoms with van der Waals surface area (Å²) < 4.78 is 24.7. The van der Waals surface area contributed by atoms with E-state index in [-0.39, 0.29) is 17.5 Å². The molecule has 6 heteroatoms. The summed E-state index contributed by atoms with van der Waals surface area (Å²) in [5, 5.41) is 0. The Bertz CT molecular complexity index is 434. The van der Waals surface area contributed by atoms with Crippen molar-refractivity contribution in [2.75, 3.05) is 11.5 Å². The molecule has 0 aliphatic rings. The molecule has 0 saturated heterocycles. The second-order valence-corrected chi connectivity index (χ2v) is 6.11. The predicted molar refractivity (Wildman–Crippen MR) is 60.2 cm³/mol. The largest absolute Gasteiger partial charge is 0.382 e. The number of sulfone groups is 1. The molecule has 15 heavy (non-hydrogen) atoms. The molecule has 0 saturated carbocycles. The third-order valence-corrected chi connectivity index (χ3v) is 3.75. The van der Waals surface area contributed by atoms with Gasteiger partial charge in [0.05, 0.1) is 0 Å². The fraction of sp³-hybridized carbons (Fsp3) is 0.667. The van der Waals surface area contributed by atoms with Gasteiger partial charge in [0.15, 0.2) is 9.84 Å². The Balaban J connectivity index is 3.04. The average molecular weight is 231 g/mol. The summed E-state index contributed by atoms with van der Waals surface area (Å²) in [5.41, 5.74) is 5.55. The molecule has 0 aliphatic heterocycles. The molecule has 0 aliphatic carbocycles. The first-order chi connectivity index (χ1) is 6.85. The summed E-state index contributed by atoms with van der Waals surface area (Å²) in [6, 6.07) is 0.164. The topological polar surface area (TPSA) is 78.0 Å². The van der Waals surface area contributed by atoms with E-state index in [2.05, 4.69) is 4.98 Å². The summed E-state index contributed by atoms with van der Waals surface area (Å²) in [4.78, 5) is 4.03. The minimum absolute atomic E-state index is 0.0428. The second-order valence-electron chi connectivity index (χ2n) is 3.76. The van der Waals surface area contributed by atoms with E-state index < -0.39 is 9.84 Å². The molecule has 1 rings (SSSR count). The molecular formula is C9H17N3O2S. The summed E-state index contributed by atoms with van der Waals surface area (Å²) in [7, 11) is -3.05. The van der Waals surface area contributed by atoms with E-state index in [0.717, 1.165) is 0 Å². The molecule has 0 aromatic carbocycles. The van der Waals surface area contributed by atoms with Crippen molar-refractivity contribution in [3.63, 3.8) is 0 Å². The number of aromatic nitrogens is 2. The number of imidazole rings is 1. The van der Waals surface area contributed by atoms with Gasteiger partial charge >= 0.3 is 0 Å². The molecule has 2 N–H and O–H groups in total. The van der Waals surface area contributed by atoms with Crippen LogP contribution in [0.25, 0.3) is 0 Å². The van der Waals surface area contributed by atoms with E-state index in [1.807, 2.05) is 13.8 Å². The van der Waals surface area contributed by atoms with Crippen LogP contribution < -0.4 is 5.73 Å². The zero-order valence-corrected chi connectivity index (χ0v) is 10.1. The van der Waals surface area contributed by atoms with E-state index >= 15 is 0 Å². The number of nitrogens with two attached hydrogens (primary N) is 1. The number of anilines is 1. The third-order valence-electron chi connectivity index (χ3n) is 2.17. The lowest BCUT2D eigenvalue weighted by molar-refractivity contribution is 0.566. The van der Waals surface area contributed by atoms with Gasteiger partial charge in [-0.15, -0.1) is 0 Å². The Kier molecular flexibility index (Phi) is 3.38. The molecule has 0 amide bonds. The highest BCUT2D eigenvalue weighted by Crippen LogP contribution is 2.15. The zero-order valence-electron chi connectivity index (χ0n) is 9.27. The Morgan fingerprint density at radius 1 is 1.53 bits per heavy atom. The average Bonchev–Trinajstić information content (AvgIpc) is 2.46. The lowest BCUT2D eigenvalue weighted by Crippen LogP contribution is -2.13. The fourth-order valence-electron chi connectivity index (χ4n) is 1.31. The van der Waals surface area contributed by atoms with Crippen molar-refractivity contribution in [2.24, 2.45) is 0 Å². The van der Waals surface area contributed by atoms with Crippen LogP contribution in [0.3, 0.4) is 0 Å². The Labute approximate surface area is 90.2 Å². The molecule has 1 aromatic rings. The quantitative estimate of drug-likeness (QED) is 0.838. The van der Waals surface area contributed by atoms with Crippen molar-refractivity contribution in [1.82, 2.24) is 9.55 Å². The van der Waals surface area contributed by atoms with E-state index in [0.29, 0.717) is 11.6 Å². The fourth-order valence-corrected chi connectivity index (χ4v) is 2.12. The molecule has 0 radical (unpaired) electrons. The van der Waals surface area contributed by atoms with Crippen LogP contribution in [0.1, 0.15) is 32.6 Å². The van der Waals surface area contributed by atoms with Crippen molar-refractivity contribution < 1.29 is 8.42 Å². The highest BCUT2D eigenvalue weighted by atomic mass is 32.2. The molecular weight excluding hydrogens is 214 g/mol. The van der Waals surface area contributed by atoms with Crippen LogP contribution >= 0.6 is 0 Å². The van der Waals surface area contributed by atoms with Gasteiger partial charge in [-0.2, -0.15) is 0 Å². The highest BCUT2D eigenvalue weighted by Gasteiger charge is 2.16. The second kappa shape index (κ2) is 4.22. The van der Waals surface area contributed by atoms with Crippen LogP contribution in [-0.2, 0) is 15.6 Å². The van der Waals surface area contributed by atoms with Gasteiger partial charge in [-0.05, 0) is 13.8 Å². The number of hydrogen-bond donors (Lipinski definition) is 1. The normalized spacial score (nSPS) is 12.3. The Hall–Kier alpha value is -1.04. The van der Waals surface area contributed by atoms with Crippen molar-refractivity contribution in [3.8, 4) is 0 Å². The van der Waals surface area contributed by atoms with E-state index in [4.69, 9.17) is 5.73 Å². The van der Waals surface area contributed by atoms with E-state index in [9.17, 15) is 8.42 Å². The van der Waals surface area contributed by atoms with Crippen LogP contribution in [-0.4, -0.2) is 23.7 Å². The van der Waals surface area contributed by atoms with Gasteiger partial charge in [-0.25, -0.2) is 13.4 Å². The van der Waals surface area contributed by atoms with Crippen LogP contribution in [0, 0.1) is 0 Å². The van der Waals surface area contributed by atoms with Crippen molar-refractivity contribution in [3.05, 3.63) is 12.0 Å². The summed E-state index contributed by atoms with van der Waals surface area (Å²) >= 11 is 0. The van der Waals surface area contributed by atoms with Gasteiger partial charge in [0.2, 0.25) is 0 Å². The maximum Gasteiger partial charge on any atom is 0.157 e. The minimum atomic E-state index is -3.05. The summed E-state index contributed by atoms with van der Waals surface area (Å²) in [6.07, 6.45) is 1.67. The third kappa shape index (κ3) is 2.95.